The molecule has 2 heterocycles. The van der Waals surface area contributed by atoms with E-state index >= 15 is 0 Å². The fraction of sp³-hybridized carbons (Fsp3) is 0.571. The van der Waals surface area contributed by atoms with Crippen LogP contribution in [0.25, 0.3) is 0 Å². The van der Waals surface area contributed by atoms with Crippen LogP contribution in [-0.2, 0) is 30.4 Å². The van der Waals surface area contributed by atoms with Crippen LogP contribution in [0.2, 0.25) is 0 Å². The Bertz CT molecular complexity index is 745. The van der Waals surface area contributed by atoms with E-state index in [1.54, 1.807) is 16.7 Å². The highest BCUT2D eigenvalue weighted by atomic mass is 16.5. The number of piperidine rings is 1. The minimum absolute atomic E-state index is 0.0103. The first-order valence-corrected chi connectivity index (χ1v) is 9.91. The van der Waals surface area contributed by atoms with Gasteiger partial charge in [-0.3, -0.25) is 14.4 Å². The molecule has 29 heavy (non-hydrogen) atoms. The first-order valence-electron chi connectivity index (χ1n) is 9.91. The van der Waals surface area contributed by atoms with E-state index < -0.39 is 29.4 Å². The monoisotopic (exact) mass is 404 g/mol. The third-order valence-corrected chi connectivity index (χ3v) is 5.93. The number of methoxy groups -OCH3 is 1. The molecular formula is C21H28N2O6. The Morgan fingerprint density at radius 1 is 1.21 bits per heavy atom. The maximum atomic E-state index is 13.0. The van der Waals surface area contributed by atoms with Crippen LogP contribution in [-0.4, -0.2) is 77.7 Å². The molecule has 2 aliphatic rings. The molecule has 3 rings (SSSR count). The molecule has 0 aromatic heterocycles. The number of benzene rings is 1. The number of esters is 1. The Hall–Kier alpha value is -2.45. The third kappa shape index (κ3) is 4.00. The van der Waals surface area contributed by atoms with Crippen molar-refractivity contribution in [2.45, 2.75) is 38.0 Å². The maximum absolute atomic E-state index is 13.0. The lowest BCUT2D eigenvalue weighted by atomic mass is 9.75. The molecule has 2 saturated heterocycles. The second-order valence-electron chi connectivity index (χ2n) is 7.50. The number of carbonyl (C=O) groups excluding carboxylic acids is 3. The SMILES string of the molecule is CCOC(=O)[C@H]1[C@@H](O)C(=O)N(Cc2ccccc2)C12CCN(C(=O)COC)CC2. The molecule has 1 spiro atoms. The zero-order valence-corrected chi connectivity index (χ0v) is 16.9. The van der Waals surface area contributed by atoms with Crippen LogP contribution < -0.4 is 0 Å². The Morgan fingerprint density at radius 2 is 1.86 bits per heavy atom. The van der Waals surface area contributed by atoms with Gasteiger partial charge in [-0.2, -0.15) is 0 Å². The lowest BCUT2D eigenvalue weighted by Gasteiger charge is -2.47. The molecule has 2 fully saturated rings. The quantitative estimate of drug-likeness (QED) is 0.697. The number of likely N-dealkylation sites (tertiary alicyclic amines) is 2. The van der Waals surface area contributed by atoms with Gasteiger partial charge in [-0.1, -0.05) is 30.3 Å². The highest BCUT2D eigenvalue weighted by Gasteiger charge is 2.62. The number of hydrogen-bond donors (Lipinski definition) is 1. The van der Waals surface area contributed by atoms with Crippen molar-refractivity contribution in [3.05, 3.63) is 35.9 Å². The van der Waals surface area contributed by atoms with Gasteiger partial charge in [0.15, 0.2) is 0 Å². The lowest BCUT2D eigenvalue weighted by Crippen LogP contribution is -2.58. The highest BCUT2D eigenvalue weighted by molar-refractivity contribution is 5.93. The summed E-state index contributed by atoms with van der Waals surface area (Å²) in [4.78, 5) is 41.2. The van der Waals surface area contributed by atoms with Gasteiger partial charge in [-0.05, 0) is 25.3 Å². The summed E-state index contributed by atoms with van der Waals surface area (Å²) in [5, 5.41) is 10.7. The molecule has 2 aliphatic heterocycles. The Kier molecular flexibility index (Phi) is 6.54. The number of carbonyl (C=O) groups is 3. The molecule has 1 N–H and O–H groups in total. The number of nitrogens with zero attached hydrogens (tertiary/aromatic N) is 2. The lowest BCUT2D eigenvalue weighted by molar-refractivity contribution is -0.156. The van der Waals surface area contributed by atoms with Crippen LogP contribution in [0.5, 0.6) is 0 Å². The Morgan fingerprint density at radius 3 is 2.45 bits per heavy atom. The van der Waals surface area contributed by atoms with Crippen molar-refractivity contribution >= 4 is 17.8 Å². The zero-order valence-electron chi connectivity index (χ0n) is 16.9. The molecule has 0 radical (unpaired) electrons. The molecule has 1 aromatic rings. The van der Waals surface area contributed by atoms with Crippen molar-refractivity contribution in [2.24, 2.45) is 5.92 Å². The number of aliphatic hydroxyl groups is 1. The minimum Gasteiger partial charge on any atom is -0.466 e. The van der Waals surface area contributed by atoms with Gasteiger partial charge in [0.05, 0.1) is 12.1 Å². The van der Waals surface area contributed by atoms with Crippen LogP contribution in [0, 0.1) is 5.92 Å². The normalized spacial score (nSPS) is 23.5. The van der Waals surface area contributed by atoms with E-state index in [-0.39, 0.29) is 19.1 Å². The van der Waals surface area contributed by atoms with E-state index in [0.717, 1.165) is 5.56 Å². The summed E-state index contributed by atoms with van der Waals surface area (Å²) in [5.74, 6) is -2.14. The average Bonchev–Trinajstić information content (AvgIpc) is 2.91. The first-order chi connectivity index (χ1) is 13.9. The summed E-state index contributed by atoms with van der Waals surface area (Å²) in [6, 6.07) is 9.47. The predicted octanol–water partition coefficient (Wildman–Crippen LogP) is 0.577. The number of ether oxygens (including phenoxy) is 2. The summed E-state index contributed by atoms with van der Waals surface area (Å²) < 4.78 is 10.1. The Labute approximate surface area is 170 Å². The minimum atomic E-state index is -1.45. The molecule has 0 aliphatic carbocycles. The summed E-state index contributed by atoms with van der Waals surface area (Å²) >= 11 is 0. The van der Waals surface area contributed by atoms with Crippen molar-refractivity contribution in [1.29, 1.82) is 0 Å². The predicted molar refractivity (Wildman–Crippen MR) is 104 cm³/mol. The fourth-order valence-electron chi connectivity index (χ4n) is 4.50. The van der Waals surface area contributed by atoms with Crippen LogP contribution in [0.1, 0.15) is 25.3 Å². The van der Waals surface area contributed by atoms with E-state index in [4.69, 9.17) is 9.47 Å². The van der Waals surface area contributed by atoms with E-state index in [1.807, 2.05) is 30.3 Å². The molecule has 2 atom stereocenters. The molecule has 2 amide bonds. The summed E-state index contributed by atoms with van der Waals surface area (Å²) in [7, 11) is 1.47. The smallest absolute Gasteiger partial charge is 0.314 e. The highest BCUT2D eigenvalue weighted by Crippen LogP contribution is 2.45. The fourth-order valence-corrected chi connectivity index (χ4v) is 4.50. The molecule has 8 nitrogen and oxygen atoms in total. The topological polar surface area (TPSA) is 96.4 Å². The van der Waals surface area contributed by atoms with Crippen molar-refractivity contribution in [1.82, 2.24) is 9.80 Å². The summed E-state index contributed by atoms with van der Waals surface area (Å²) in [5.41, 5.74) is 0.0254. The van der Waals surface area contributed by atoms with Gasteiger partial charge in [-0.25, -0.2) is 0 Å². The van der Waals surface area contributed by atoms with E-state index in [2.05, 4.69) is 0 Å². The molecule has 158 valence electrons. The molecule has 0 unspecified atom stereocenters. The van der Waals surface area contributed by atoms with E-state index in [0.29, 0.717) is 32.5 Å². The standard InChI is InChI=1S/C21H28N2O6/c1-3-29-20(27)17-18(25)19(26)23(13-15-7-5-4-6-8-15)21(17)9-11-22(12-10-21)16(24)14-28-2/h4-8,17-18,25H,3,9-14H2,1-2H3/t17-,18-/m1/s1. The van der Waals surface area contributed by atoms with Crippen LogP contribution in [0.15, 0.2) is 30.3 Å². The molecule has 1 aromatic carbocycles. The molecular weight excluding hydrogens is 376 g/mol. The first kappa shape index (κ1) is 21.3. The average molecular weight is 404 g/mol. The number of aliphatic hydroxyl groups excluding tert-OH is 1. The van der Waals surface area contributed by atoms with Crippen LogP contribution in [0.3, 0.4) is 0 Å². The summed E-state index contributed by atoms with van der Waals surface area (Å²) in [6.07, 6.45) is -0.664. The van der Waals surface area contributed by atoms with Crippen molar-refractivity contribution < 1.29 is 29.0 Å². The van der Waals surface area contributed by atoms with Crippen LogP contribution in [0.4, 0.5) is 0 Å². The maximum Gasteiger partial charge on any atom is 0.314 e. The van der Waals surface area contributed by atoms with Gasteiger partial charge in [0.25, 0.3) is 5.91 Å². The van der Waals surface area contributed by atoms with Crippen molar-refractivity contribution in [2.75, 3.05) is 33.4 Å². The number of hydrogen-bond acceptors (Lipinski definition) is 6. The van der Waals surface area contributed by atoms with Crippen LogP contribution >= 0.6 is 0 Å². The molecule has 0 saturated carbocycles. The van der Waals surface area contributed by atoms with Crippen molar-refractivity contribution in [3.63, 3.8) is 0 Å². The third-order valence-electron chi connectivity index (χ3n) is 5.93. The van der Waals surface area contributed by atoms with Gasteiger partial charge in [0.1, 0.15) is 18.6 Å². The van der Waals surface area contributed by atoms with Gasteiger partial charge >= 0.3 is 5.97 Å². The summed E-state index contributed by atoms with van der Waals surface area (Å²) in [6.45, 7) is 2.90. The number of amides is 2. The van der Waals surface area contributed by atoms with Gasteiger partial charge < -0.3 is 24.4 Å². The number of rotatable bonds is 6. The van der Waals surface area contributed by atoms with E-state index in [9.17, 15) is 19.5 Å². The van der Waals surface area contributed by atoms with Gasteiger partial charge in [-0.15, -0.1) is 0 Å². The molecule has 8 heteroatoms. The van der Waals surface area contributed by atoms with Crippen molar-refractivity contribution in [3.8, 4) is 0 Å². The van der Waals surface area contributed by atoms with E-state index in [1.165, 1.54) is 7.11 Å². The molecule has 0 bridgehead atoms. The largest absolute Gasteiger partial charge is 0.466 e. The van der Waals surface area contributed by atoms with Gasteiger partial charge in [0, 0.05) is 26.7 Å². The Balaban J connectivity index is 1.91. The van der Waals surface area contributed by atoms with Gasteiger partial charge in [0.2, 0.25) is 5.91 Å². The second kappa shape index (κ2) is 8.92. The zero-order chi connectivity index (χ0) is 21.0. The second-order valence-corrected chi connectivity index (χ2v) is 7.50.